The third kappa shape index (κ3) is 3.03. The second-order valence-electron chi connectivity index (χ2n) is 4.99. The molecule has 0 aromatic carbocycles. The molecule has 3 rings (SSSR count). The zero-order valence-corrected chi connectivity index (χ0v) is 13.8. The van der Waals surface area contributed by atoms with Crippen LogP contribution in [0.3, 0.4) is 0 Å². The number of carbonyl (C=O) groups excluding carboxylic acids is 2. The number of ether oxygens (including phenoxy) is 1. The fraction of sp³-hybridized carbons (Fsp3) is 0.357. The van der Waals surface area contributed by atoms with Gasteiger partial charge in [-0.1, -0.05) is 0 Å². The molecule has 1 N–H and O–H groups in total. The predicted octanol–water partition coefficient (Wildman–Crippen LogP) is 2.23. The summed E-state index contributed by atoms with van der Waals surface area (Å²) >= 11 is 2.62. The van der Waals surface area contributed by atoms with Crippen LogP contribution >= 0.6 is 22.7 Å². The molecule has 1 aliphatic rings. The molecule has 0 spiro atoms. The summed E-state index contributed by atoms with van der Waals surface area (Å²) < 4.78 is 4.64. The fourth-order valence-corrected chi connectivity index (χ4v) is 4.11. The van der Waals surface area contributed by atoms with E-state index in [1.807, 2.05) is 0 Å². The number of methoxy groups -OCH3 is 1. The average molecular weight is 337 g/mol. The number of hydrogen-bond acceptors (Lipinski definition) is 7. The van der Waals surface area contributed by atoms with Gasteiger partial charge in [0.1, 0.15) is 4.88 Å². The number of amides is 1. The second-order valence-corrected chi connectivity index (χ2v) is 7.15. The molecule has 116 valence electrons. The van der Waals surface area contributed by atoms with Crippen LogP contribution < -0.4 is 5.32 Å². The Morgan fingerprint density at radius 1 is 1.32 bits per heavy atom. The molecule has 1 aliphatic heterocycles. The first-order valence-corrected chi connectivity index (χ1v) is 8.36. The average Bonchev–Trinajstić information content (AvgIpc) is 3.12. The third-order valence-corrected chi connectivity index (χ3v) is 5.42. The van der Waals surface area contributed by atoms with Gasteiger partial charge in [0.05, 0.1) is 17.7 Å². The summed E-state index contributed by atoms with van der Waals surface area (Å²) in [5.74, 6) is -0.684. The van der Waals surface area contributed by atoms with E-state index in [1.165, 1.54) is 23.3 Å². The largest absolute Gasteiger partial charge is 0.465 e. The number of nitrogens with zero attached hydrogens (tertiary/aromatic N) is 2. The zero-order chi connectivity index (χ0) is 15.7. The highest BCUT2D eigenvalue weighted by Crippen LogP contribution is 2.28. The van der Waals surface area contributed by atoms with Crippen molar-refractivity contribution in [1.29, 1.82) is 0 Å². The lowest BCUT2D eigenvalue weighted by atomic mass is 10.2. The number of anilines is 1. The van der Waals surface area contributed by atoms with E-state index < -0.39 is 5.97 Å². The van der Waals surface area contributed by atoms with Crippen molar-refractivity contribution >= 4 is 39.7 Å². The molecule has 0 saturated carbocycles. The molecule has 0 fully saturated rings. The van der Waals surface area contributed by atoms with Gasteiger partial charge in [-0.25, -0.2) is 9.78 Å². The molecule has 2 aromatic heterocycles. The molecule has 0 atom stereocenters. The standard InChI is InChI=1S/C14H15N3O3S2/c1-17-6-5-8-11(7-17)22-14(15-8)16-12(18)9-3-4-10(21-9)13(19)20-2/h3-4H,5-7H2,1-2H3,(H,15,16,18). The Kier molecular flexibility index (Phi) is 4.23. The summed E-state index contributed by atoms with van der Waals surface area (Å²) in [7, 11) is 3.39. The lowest BCUT2D eigenvalue weighted by Crippen LogP contribution is -2.25. The Bertz CT molecular complexity index is 723. The monoisotopic (exact) mass is 337 g/mol. The molecular weight excluding hydrogens is 322 g/mol. The van der Waals surface area contributed by atoms with E-state index in [4.69, 9.17) is 0 Å². The van der Waals surface area contributed by atoms with Gasteiger partial charge in [-0.15, -0.1) is 22.7 Å². The molecule has 1 amide bonds. The van der Waals surface area contributed by atoms with Crippen LogP contribution in [0, 0.1) is 0 Å². The summed E-state index contributed by atoms with van der Waals surface area (Å²) in [5.41, 5.74) is 1.07. The number of rotatable bonds is 3. The van der Waals surface area contributed by atoms with E-state index in [2.05, 4.69) is 27.0 Å². The first-order valence-electron chi connectivity index (χ1n) is 6.73. The van der Waals surface area contributed by atoms with E-state index in [-0.39, 0.29) is 5.91 Å². The lowest BCUT2D eigenvalue weighted by Gasteiger charge is -2.20. The molecule has 6 nitrogen and oxygen atoms in total. The highest BCUT2D eigenvalue weighted by Gasteiger charge is 2.20. The van der Waals surface area contributed by atoms with Crippen LogP contribution in [0.25, 0.3) is 0 Å². The Hall–Kier alpha value is -1.77. The number of carbonyl (C=O) groups is 2. The third-order valence-electron chi connectivity index (χ3n) is 3.36. The van der Waals surface area contributed by atoms with Crippen LogP contribution in [0.2, 0.25) is 0 Å². The van der Waals surface area contributed by atoms with E-state index in [9.17, 15) is 9.59 Å². The quantitative estimate of drug-likeness (QED) is 0.870. The van der Waals surface area contributed by atoms with Crippen LogP contribution in [-0.2, 0) is 17.7 Å². The fourth-order valence-electron chi connectivity index (χ4n) is 2.21. The van der Waals surface area contributed by atoms with Crippen molar-refractivity contribution in [2.24, 2.45) is 0 Å². The summed E-state index contributed by atoms with van der Waals surface area (Å²) in [5, 5.41) is 3.42. The summed E-state index contributed by atoms with van der Waals surface area (Å²) in [6.45, 7) is 1.85. The Morgan fingerprint density at radius 2 is 2.09 bits per heavy atom. The van der Waals surface area contributed by atoms with Gasteiger partial charge in [0.2, 0.25) is 0 Å². The molecule has 0 aliphatic carbocycles. The number of aromatic nitrogens is 1. The minimum absolute atomic E-state index is 0.250. The van der Waals surface area contributed by atoms with Gasteiger partial charge in [-0.3, -0.25) is 10.1 Å². The van der Waals surface area contributed by atoms with Gasteiger partial charge in [-0.2, -0.15) is 0 Å². The van der Waals surface area contributed by atoms with E-state index >= 15 is 0 Å². The van der Waals surface area contributed by atoms with Crippen molar-refractivity contribution in [1.82, 2.24) is 9.88 Å². The summed E-state index contributed by atoms with van der Waals surface area (Å²) in [4.78, 5) is 32.4. The first kappa shape index (κ1) is 15.1. The van der Waals surface area contributed by atoms with Gasteiger partial charge in [0.25, 0.3) is 5.91 Å². The Morgan fingerprint density at radius 3 is 2.86 bits per heavy atom. The van der Waals surface area contributed by atoms with Gasteiger partial charge in [-0.05, 0) is 19.2 Å². The van der Waals surface area contributed by atoms with Crippen LogP contribution in [0.5, 0.6) is 0 Å². The number of esters is 1. The molecule has 0 radical (unpaired) electrons. The number of hydrogen-bond donors (Lipinski definition) is 1. The summed E-state index contributed by atoms with van der Waals surface area (Å²) in [6, 6.07) is 3.21. The highest BCUT2D eigenvalue weighted by atomic mass is 32.1. The van der Waals surface area contributed by atoms with Crippen molar-refractivity contribution in [3.8, 4) is 0 Å². The Labute approximate surface area is 135 Å². The van der Waals surface area contributed by atoms with Crippen LogP contribution in [0.15, 0.2) is 12.1 Å². The van der Waals surface area contributed by atoms with E-state index in [0.717, 1.165) is 36.5 Å². The number of fused-ring (bicyclic) bond motifs is 1. The normalized spacial score (nSPS) is 14.5. The van der Waals surface area contributed by atoms with Gasteiger partial charge >= 0.3 is 5.97 Å². The van der Waals surface area contributed by atoms with Crippen molar-refractivity contribution in [3.63, 3.8) is 0 Å². The minimum atomic E-state index is -0.434. The topological polar surface area (TPSA) is 71.5 Å². The molecule has 0 unspecified atom stereocenters. The summed E-state index contributed by atoms with van der Waals surface area (Å²) in [6.07, 6.45) is 0.906. The number of nitrogens with one attached hydrogen (secondary N) is 1. The van der Waals surface area contributed by atoms with Crippen molar-refractivity contribution < 1.29 is 14.3 Å². The maximum Gasteiger partial charge on any atom is 0.348 e. The second kappa shape index (κ2) is 6.15. The number of likely N-dealkylation sites (N-methyl/N-ethyl adjacent to an activating group) is 1. The van der Waals surface area contributed by atoms with E-state index in [0.29, 0.717) is 14.9 Å². The van der Waals surface area contributed by atoms with E-state index in [1.54, 1.807) is 12.1 Å². The van der Waals surface area contributed by atoms with Crippen LogP contribution in [0.4, 0.5) is 5.13 Å². The van der Waals surface area contributed by atoms with Crippen molar-refractivity contribution in [3.05, 3.63) is 32.5 Å². The van der Waals surface area contributed by atoms with Gasteiger partial charge in [0, 0.05) is 24.4 Å². The first-order chi connectivity index (χ1) is 10.6. The highest BCUT2D eigenvalue weighted by molar-refractivity contribution is 7.17. The van der Waals surface area contributed by atoms with Crippen LogP contribution in [-0.4, -0.2) is 42.5 Å². The maximum absolute atomic E-state index is 12.2. The minimum Gasteiger partial charge on any atom is -0.465 e. The van der Waals surface area contributed by atoms with Crippen molar-refractivity contribution in [2.75, 3.05) is 26.0 Å². The SMILES string of the molecule is COC(=O)c1ccc(C(=O)Nc2nc3c(s2)CN(C)CC3)s1. The number of thiophene rings is 1. The van der Waals surface area contributed by atoms with Gasteiger partial charge in [0.15, 0.2) is 5.13 Å². The molecule has 0 bridgehead atoms. The zero-order valence-electron chi connectivity index (χ0n) is 12.2. The molecule has 22 heavy (non-hydrogen) atoms. The molecular formula is C14H15N3O3S2. The number of thiazole rings is 1. The molecule has 0 saturated heterocycles. The van der Waals surface area contributed by atoms with Crippen molar-refractivity contribution in [2.45, 2.75) is 13.0 Å². The predicted molar refractivity (Wildman–Crippen MR) is 85.8 cm³/mol. The molecule has 3 heterocycles. The molecule has 2 aromatic rings. The van der Waals surface area contributed by atoms with Gasteiger partial charge < -0.3 is 9.64 Å². The smallest absolute Gasteiger partial charge is 0.348 e. The Balaban J connectivity index is 1.72. The maximum atomic E-state index is 12.2. The molecule has 8 heteroatoms. The van der Waals surface area contributed by atoms with Crippen LogP contribution in [0.1, 0.15) is 29.9 Å². The lowest BCUT2D eigenvalue weighted by molar-refractivity contribution is 0.0606.